The average molecular weight is 412 g/mol. The Morgan fingerprint density at radius 2 is 1.64 bits per heavy atom. The summed E-state index contributed by atoms with van der Waals surface area (Å²) < 4.78 is 19.8. The first kappa shape index (κ1) is 21.9. The second-order valence-electron chi connectivity index (χ2n) is 9.01. The Bertz CT molecular complexity index is 559. The van der Waals surface area contributed by atoms with Gasteiger partial charge in [0.2, 0.25) is 5.91 Å². The lowest BCUT2D eigenvalue weighted by Crippen LogP contribution is -2.37. The molecule has 0 aromatic rings. The van der Waals surface area contributed by atoms with Gasteiger partial charge in [-0.05, 0) is 32.1 Å². The molecular formula is C22H38NO4P. The predicted molar refractivity (Wildman–Crippen MR) is 112 cm³/mol. The Kier molecular flexibility index (Phi) is 8.02. The van der Waals surface area contributed by atoms with Gasteiger partial charge in [-0.25, -0.2) is 9.69 Å². The van der Waals surface area contributed by atoms with E-state index in [9.17, 15) is 14.2 Å². The largest absolute Gasteiger partial charge is 0.447 e. The van der Waals surface area contributed by atoms with E-state index >= 15 is 0 Å². The number of cyclic esters (lactones) is 1. The molecule has 0 spiro atoms. The zero-order valence-corrected chi connectivity index (χ0v) is 18.5. The van der Waals surface area contributed by atoms with Gasteiger partial charge in [-0.1, -0.05) is 58.3 Å². The zero-order chi connectivity index (χ0) is 20.0. The Balaban J connectivity index is 1.85. The van der Waals surface area contributed by atoms with Gasteiger partial charge in [-0.2, -0.15) is 0 Å². The molecule has 3 fully saturated rings. The SMILES string of the molecule is CCCCC(CC(=O)N1CCOC1=O)P(=O)(C1CCCCC1)C1CCCCC1. The van der Waals surface area contributed by atoms with Crippen molar-refractivity contribution >= 4 is 19.1 Å². The van der Waals surface area contributed by atoms with Gasteiger partial charge in [0.25, 0.3) is 0 Å². The first-order valence-corrected chi connectivity index (χ1v) is 13.5. The summed E-state index contributed by atoms with van der Waals surface area (Å²) in [7, 11) is -2.52. The maximum Gasteiger partial charge on any atom is 0.416 e. The van der Waals surface area contributed by atoms with Crippen molar-refractivity contribution in [3.63, 3.8) is 0 Å². The minimum absolute atomic E-state index is 0.0560. The van der Waals surface area contributed by atoms with Crippen LogP contribution in [0.2, 0.25) is 0 Å². The summed E-state index contributed by atoms with van der Waals surface area (Å²) in [6.45, 7) is 2.78. The van der Waals surface area contributed by atoms with Crippen LogP contribution >= 0.6 is 7.14 Å². The van der Waals surface area contributed by atoms with Crippen molar-refractivity contribution in [3.8, 4) is 0 Å². The van der Waals surface area contributed by atoms with Crippen LogP contribution in [0.3, 0.4) is 0 Å². The third-order valence-corrected chi connectivity index (χ3v) is 12.1. The zero-order valence-electron chi connectivity index (χ0n) is 17.6. The molecule has 1 unspecified atom stereocenters. The van der Waals surface area contributed by atoms with Gasteiger partial charge >= 0.3 is 6.09 Å². The molecule has 2 aliphatic carbocycles. The number of hydrogen-bond donors (Lipinski definition) is 0. The second kappa shape index (κ2) is 10.3. The normalized spacial score (nSPS) is 23.6. The van der Waals surface area contributed by atoms with Crippen LogP contribution in [0.25, 0.3) is 0 Å². The summed E-state index contributed by atoms with van der Waals surface area (Å²) >= 11 is 0. The Hall–Kier alpha value is -0.830. The lowest BCUT2D eigenvalue weighted by Gasteiger charge is -2.43. The second-order valence-corrected chi connectivity index (χ2v) is 12.7. The fraction of sp³-hybridized carbons (Fsp3) is 0.909. The van der Waals surface area contributed by atoms with Crippen molar-refractivity contribution in [2.75, 3.05) is 13.2 Å². The number of unbranched alkanes of at least 4 members (excludes halogenated alkanes) is 1. The summed E-state index contributed by atoms with van der Waals surface area (Å²) in [5.74, 6) is -0.171. The molecule has 3 aliphatic rings. The van der Waals surface area contributed by atoms with Crippen molar-refractivity contribution < 1.29 is 18.9 Å². The average Bonchev–Trinajstić information content (AvgIpc) is 3.17. The molecule has 2 saturated carbocycles. The fourth-order valence-electron chi connectivity index (χ4n) is 5.68. The molecule has 0 aromatic heterocycles. The standard InChI is InChI=1S/C22H38NO4P/c1-2-3-10-20(17-21(24)23-15-16-27-22(23)25)28(26,18-11-6-4-7-12-18)19-13-8-5-9-14-19/h18-20H,2-17H2,1H3. The summed E-state index contributed by atoms with van der Waals surface area (Å²) in [6.07, 6.45) is 14.1. The van der Waals surface area contributed by atoms with Crippen LogP contribution in [0.1, 0.15) is 96.8 Å². The van der Waals surface area contributed by atoms with E-state index < -0.39 is 13.2 Å². The number of carbonyl (C=O) groups is 2. The highest BCUT2D eigenvalue weighted by atomic mass is 31.2. The number of hydrogen-bond acceptors (Lipinski definition) is 4. The fourth-order valence-corrected chi connectivity index (χ4v) is 10.8. The maximum atomic E-state index is 14.9. The van der Waals surface area contributed by atoms with E-state index in [0.717, 1.165) is 44.9 Å². The van der Waals surface area contributed by atoms with E-state index in [1.54, 1.807) is 0 Å². The summed E-state index contributed by atoms with van der Waals surface area (Å²) in [6, 6.07) is 0. The van der Waals surface area contributed by atoms with Gasteiger partial charge in [0.1, 0.15) is 6.61 Å². The first-order chi connectivity index (χ1) is 13.6. The maximum absolute atomic E-state index is 14.9. The monoisotopic (exact) mass is 411 g/mol. The van der Waals surface area contributed by atoms with Crippen LogP contribution in [0.15, 0.2) is 0 Å². The number of amides is 2. The summed E-state index contributed by atoms with van der Waals surface area (Å²) in [5.41, 5.74) is 0.536. The Morgan fingerprint density at radius 1 is 1.07 bits per heavy atom. The molecule has 3 rings (SSSR count). The topological polar surface area (TPSA) is 63.7 Å². The van der Waals surface area contributed by atoms with E-state index in [1.165, 1.54) is 43.4 Å². The van der Waals surface area contributed by atoms with Crippen molar-refractivity contribution in [1.82, 2.24) is 4.90 Å². The van der Waals surface area contributed by atoms with E-state index in [1.807, 2.05) is 0 Å². The molecule has 0 aromatic carbocycles. The van der Waals surface area contributed by atoms with E-state index in [0.29, 0.717) is 17.9 Å². The van der Waals surface area contributed by atoms with Crippen molar-refractivity contribution in [1.29, 1.82) is 0 Å². The molecule has 0 bridgehead atoms. The lowest BCUT2D eigenvalue weighted by atomic mass is 9.99. The first-order valence-electron chi connectivity index (χ1n) is 11.6. The van der Waals surface area contributed by atoms with Crippen LogP contribution < -0.4 is 0 Å². The molecule has 5 nitrogen and oxygen atoms in total. The van der Waals surface area contributed by atoms with E-state index in [4.69, 9.17) is 4.74 Å². The smallest absolute Gasteiger partial charge is 0.416 e. The molecule has 0 N–H and O–H groups in total. The molecule has 2 amide bonds. The highest BCUT2D eigenvalue weighted by Gasteiger charge is 2.47. The molecule has 1 saturated heterocycles. The number of ether oxygens (including phenoxy) is 1. The van der Waals surface area contributed by atoms with E-state index in [2.05, 4.69) is 6.92 Å². The van der Waals surface area contributed by atoms with Gasteiger partial charge in [0, 0.05) is 23.4 Å². The van der Waals surface area contributed by atoms with Gasteiger partial charge in [-0.3, -0.25) is 4.79 Å². The van der Waals surface area contributed by atoms with Crippen molar-refractivity contribution in [3.05, 3.63) is 0 Å². The van der Waals surface area contributed by atoms with Gasteiger partial charge in [0.05, 0.1) is 13.7 Å². The number of rotatable bonds is 8. The molecule has 160 valence electrons. The highest BCUT2D eigenvalue weighted by molar-refractivity contribution is 7.66. The molecule has 0 radical (unpaired) electrons. The summed E-state index contributed by atoms with van der Waals surface area (Å²) in [5, 5.41) is 0. The van der Waals surface area contributed by atoms with Gasteiger partial charge in [0.15, 0.2) is 0 Å². The van der Waals surface area contributed by atoms with Gasteiger partial charge in [-0.15, -0.1) is 0 Å². The predicted octanol–water partition coefficient (Wildman–Crippen LogP) is 5.94. The molecule has 1 aliphatic heterocycles. The van der Waals surface area contributed by atoms with Crippen molar-refractivity contribution in [2.24, 2.45) is 0 Å². The Morgan fingerprint density at radius 3 is 2.11 bits per heavy atom. The quantitative estimate of drug-likeness (QED) is 0.464. The number of carbonyl (C=O) groups excluding carboxylic acids is 2. The van der Waals surface area contributed by atoms with Crippen LogP contribution in [0.4, 0.5) is 4.79 Å². The molecule has 28 heavy (non-hydrogen) atoms. The molecule has 1 heterocycles. The summed E-state index contributed by atoms with van der Waals surface area (Å²) in [4.78, 5) is 26.1. The van der Waals surface area contributed by atoms with Crippen LogP contribution in [-0.2, 0) is 14.1 Å². The highest BCUT2D eigenvalue weighted by Crippen LogP contribution is 2.67. The van der Waals surface area contributed by atoms with Crippen LogP contribution in [-0.4, -0.2) is 47.0 Å². The third kappa shape index (κ3) is 4.83. The van der Waals surface area contributed by atoms with Crippen LogP contribution in [0, 0.1) is 0 Å². The van der Waals surface area contributed by atoms with Gasteiger partial charge < -0.3 is 9.30 Å². The number of imide groups is 1. The minimum atomic E-state index is -2.52. The molecule has 6 heteroatoms. The minimum Gasteiger partial charge on any atom is -0.447 e. The van der Waals surface area contributed by atoms with E-state index in [-0.39, 0.29) is 24.6 Å². The van der Waals surface area contributed by atoms with Crippen molar-refractivity contribution in [2.45, 2.75) is 114 Å². The molecular weight excluding hydrogens is 373 g/mol. The third-order valence-electron chi connectivity index (χ3n) is 7.22. The lowest BCUT2D eigenvalue weighted by molar-refractivity contribution is -0.127. The Labute approximate surface area is 170 Å². The number of nitrogens with zero attached hydrogens (tertiary/aromatic N) is 1. The molecule has 1 atom stereocenters. The van der Waals surface area contributed by atoms with Crippen LogP contribution in [0.5, 0.6) is 0 Å².